The molecule has 1 fully saturated rings. The third-order valence-corrected chi connectivity index (χ3v) is 3.49. The first kappa shape index (κ1) is 10.8. The highest BCUT2D eigenvalue weighted by Gasteiger charge is 2.38. The van der Waals surface area contributed by atoms with Gasteiger partial charge in [0.05, 0.1) is 4.47 Å². The molecule has 15 heavy (non-hydrogen) atoms. The Hall–Kier alpha value is -0.700. The molecule has 0 spiro atoms. The molecule has 1 aliphatic rings. The zero-order valence-electron chi connectivity index (χ0n) is 8.47. The Morgan fingerprint density at radius 3 is 2.80 bits per heavy atom. The van der Waals surface area contributed by atoms with E-state index in [-0.39, 0.29) is 17.5 Å². The fourth-order valence-corrected chi connectivity index (χ4v) is 2.18. The van der Waals surface area contributed by atoms with Crippen molar-refractivity contribution in [3.05, 3.63) is 34.1 Å². The molecule has 0 radical (unpaired) electrons. The monoisotopic (exact) mass is 270 g/mol. The van der Waals surface area contributed by atoms with Crippen LogP contribution in [0.3, 0.4) is 0 Å². The average molecular weight is 271 g/mol. The van der Waals surface area contributed by atoms with Crippen molar-refractivity contribution >= 4 is 21.7 Å². The Morgan fingerprint density at radius 2 is 2.27 bits per heavy atom. The van der Waals surface area contributed by atoms with Crippen LogP contribution in [0.4, 0.5) is 4.39 Å². The number of ketones is 1. The molecule has 2 rings (SSSR count). The minimum Gasteiger partial charge on any atom is -0.299 e. The number of hydrogen-bond donors (Lipinski definition) is 0. The summed E-state index contributed by atoms with van der Waals surface area (Å²) in [6.45, 7) is 2.09. The van der Waals surface area contributed by atoms with Gasteiger partial charge in [0.2, 0.25) is 0 Å². The van der Waals surface area contributed by atoms with E-state index in [9.17, 15) is 9.18 Å². The van der Waals surface area contributed by atoms with Crippen molar-refractivity contribution in [2.24, 2.45) is 11.8 Å². The molecule has 1 aromatic carbocycles. The van der Waals surface area contributed by atoms with E-state index in [4.69, 9.17) is 0 Å². The molecular formula is C12H12BrFO. The topological polar surface area (TPSA) is 17.1 Å². The first-order valence-electron chi connectivity index (χ1n) is 5.04. The van der Waals surface area contributed by atoms with E-state index in [0.717, 1.165) is 12.0 Å². The van der Waals surface area contributed by atoms with E-state index in [1.165, 1.54) is 6.07 Å². The van der Waals surface area contributed by atoms with Gasteiger partial charge < -0.3 is 0 Å². The molecule has 1 aromatic rings. The normalized spacial score (nSPS) is 23.9. The molecule has 1 aliphatic carbocycles. The molecule has 0 aliphatic heterocycles. The summed E-state index contributed by atoms with van der Waals surface area (Å²) in [5, 5.41) is 0. The molecule has 0 aromatic heterocycles. The summed E-state index contributed by atoms with van der Waals surface area (Å²) >= 11 is 3.11. The summed E-state index contributed by atoms with van der Waals surface area (Å²) in [5.41, 5.74) is 0.882. The van der Waals surface area contributed by atoms with Gasteiger partial charge in [0.15, 0.2) is 0 Å². The van der Waals surface area contributed by atoms with Crippen molar-refractivity contribution in [2.75, 3.05) is 0 Å². The molecule has 0 N–H and O–H groups in total. The quantitative estimate of drug-likeness (QED) is 0.823. The number of rotatable bonds is 3. The summed E-state index contributed by atoms with van der Waals surface area (Å²) in [5.74, 6) is 0.780. The second kappa shape index (κ2) is 4.05. The number of halogens is 2. The molecule has 1 saturated carbocycles. The van der Waals surface area contributed by atoms with Crippen LogP contribution in [0.25, 0.3) is 0 Å². The van der Waals surface area contributed by atoms with Gasteiger partial charge in [-0.15, -0.1) is 0 Å². The highest BCUT2D eigenvalue weighted by molar-refractivity contribution is 9.10. The van der Waals surface area contributed by atoms with Gasteiger partial charge in [0.1, 0.15) is 11.6 Å². The number of carbonyl (C=O) groups excluding carboxylic acids is 1. The van der Waals surface area contributed by atoms with E-state index in [0.29, 0.717) is 16.8 Å². The Morgan fingerprint density at radius 1 is 1.60 bits per heavy atom. The molecule has 0 amide bonds. The zero-order valence-corrected chi connectivity index (χ0v) is 10.1. The van der Waals surface area contributed by atoms with Crippen molar-refractivity contribution < 1.29 is 9.18 Å². The van der Waals surface area contributed by atoms with Gasteiger partial charge in [-0.1, -0.05) is 13.0 Å². The summed E-state index contributed by atoms with van der Waals surface area (Å²) in [6.07, 6.45) is 1.44. The second-order valence-corrected chi connectivity index (χ2v) is 5.07. The molecule has 1 nitrogen and oxygen atoms in total. The van der Waals surface area contributed by atoms with Gasteiger partial charge in [0.25, 0.3) is 0 Å². The molecular weight excluding hydrogens is 259 g/mol. The highest BCUT2D eigenvalue weighted by atomic mass is 79.9. The first-order valence-corrected chi connectivity index (χ1v) is 5.84. The van der Waals surface area contributed by atoms with Gasteiger partial charge in [0, 0.05) is 12.3 Å². The molecule has 3 heteroatoms. The minimum absolute atomic E-state index is 0.244. The Bertz CT molecular complexity index is 403. The fourth-order valence-electron chi connectivity index (χ4n) is 1.75. The van der Waals surface area contributed by atoms with E-state index in [1.807, 2.05) is 0 Å². The number of carbonyl (C=O) groups is 1. The summed E-state index contributed by atoms with van der Waals surface area (Å²) < 4.78 is 13.4. The zero-order chi connectivity index (χ0) is 11.0. The van der Waals surface area contributed by atoms with Crippen LogP contribution in [0, 0.1) is 17.7 Å². The fraction of sp³-hybridized carbons (Fsp3) is 0.417. The maximum Gasteiger partial charge on any atom is 0.140 e. The largest absolute Gasteiger partial charge is 0.299 e. The summed E-state index contributed by atoms with van der Waals surface area (Å²) in [4.78, 5) is 11.7. The average Bonchev–Trinajstić information content (AvgIpc) is 2.89. The highest BCUT2D eigenvalue weighted by Crippen LogP contribution is 2.39. The van der Waals surface area contributed by atoms with Gasteiger partial charge >= 0.3 is 0 Å². The lowest BCUT2D eigenvalue weighted by atomic mass is 10.1. The van der Waals surface area contributed by atoms with Crippen molar-refractivity contribution in [1.82, 2.24) is 0 Å². The second-order valence-electron chi connectivity index (χ2n) is 4.21. The SMILES string of the molecule is CC1CC1C(=O)Cc1ccc(F)c(Br)c1. The number of Topliss-reactive ketones (excluding diaryl/α,β-unsaturated/α-hetero) is 1. The van der Waals surface area contributed by atoms with Gasteiger partial charge in [-0.2, -0.15) is 0 Å². The van der Waals surface area contributed by atoms with E-state index in [2.05, 4.69) is 22.9 Å². The summed E-state index contributed by atoms with van der Waals surface area (Å²) in [6, 6.07) is 4.74. The Balaban J connectivity index is 2.04. The third-order valence-electron chi connectivity index (χ3n) is 2.89. The standard InChI is InChI=1S/C12H12BrFO/c1-7-4-9(7)12(15)6-8-2-3-11(14)10(13)5-8/h2-3,5,7,9H,4,6H2,1H3. The third kappa shape index (κ3) is 2.46. The van der Waals surface area contributed by atoms with Crippen LogP contribution in [0.1, 0.15) is 18.9 Å². The first-order chi connectivity index (χ1) is 7.08. The Kier molecular flexibility index (Phi) is 2.91. The number of benzene rings is 1. The van der Waals surface area contributed by atoms with Crippen molar-refractivity contribution in [3.8, 4) is 0 Å². The van der Waals surface area contributed by atoms with Gasteiger partial charge in [-0.05, 0) is 46.0 Å². The van der Waals surface area contributed by atoms with E-state index < -0.39 is 0 Å². The molecule has 0 heterocycles. The van der Waals surface area contributed by atoms with Crippen LogP contribution in [-0.4, -0.2) is 5.78 Å². The predicted octanol–water partition coefficient (Wildman–Crippen LogP) is 3.36. The van der Waals surface area contributed by atoms with Crippen molar-refractivity contribution in [1.29, 1.82) is 0 Å². The Labute approximate surface area is 96.8 Å². The van der Waals surface area contributed by atoms with E-state index in [1.54, 1.807) is 12.1 Å². The molecule has 80 valence electrons. The maximum atomic E-state index is 12.9. The van der Waals surface area contributed by atoms with Gasteiger partial charge in [-0.3, -0.25) is 4.79 Å². The van der Waals surface area contributed by atoms with Crippen LogP contribution < -0.4 is 0 Å². The van der Waals surface area contributed by atoms with Crippen molar-refractivity contribution in [2.45, 2.75) is 19.8 Å². The summed E-state index contributed by atoms with van der Waals surface area (Å²) in [7, 11) is 0. The molecule has 0 bridgehead atoms. The van der Waals surface area contributed by atoms with E-state index >= 15 is 0 Å². The van der Waals surface area contributed by atoms with Gasteiger partial charge in [-0.25, -0.2) is 4.39 Å². The lowest BCUT2D eigenvalue weighted by Gasteiger charge is -2.01. The van der Waals surface area contributed by atoms with Crippen LogP contribution in [0.2, 0.25) is 0 Å². The maximum absolute atomic E-state index is 12.9. The van der Waals surface area contributed by atoms with Crippen LogP contribution >= 0.6 is 15.9 Å². The minimum atomic E-state index is -0.286. The smallest absolute Gasteiger partial charge is 0.140 e. The predicted molar refractivity (Wildman–Crippen MR) is 60.1 cm³/mol. The van der Waals surface area contributed by atoms with Crippen LogP contribution in [-0.2, 0) is 11.2 Å². The number of hydrogen-bond acceptors (Lipinski definition) is 1. The van der Waals surface area contributed by atoms with Crippen molar-refractivity contribution in [3.63, 3.8) is 0 Å². The lowest BCUT2D eigenvalue weighted by molar-refractivity contribution is -0.119. The lowest BCUT2D eigenvalue weighted by Crippen LogP contribution is -2.06. The molecule has 2 unspecified atom stereocenters. The van der Waals surface area contributed by atoms with Crippen LogP contribution in [0.5, 0.6) is 0 Å². The molecule has 0 saturated heterocycles. The molecule has 2 atom stereocenters. The van der Waals surface area contributed by atoms with Crippen LogP contribution in [0.15, 0.2) is 22.7 Å².